The molecule has 0 aliphatic rings. The maximum absolute atomic E-state index is 11.8. The summed E-state index contributed by atoms with van der Waals surface area (Å²) in [7, 11) is 0. The number of hydrogen-bond donors (Lipinski definition) is 0. The molecule has 29 heavy (non-hydrogen) atoms. The van der Waals surface area contributed by atoms with E-state index >= 15 is 0 Å². The molecule has 0 radical (unpaired) electrons. The highest BCUT2D eigenvalue weighted by atomic mass is 16.5. The lowest BCUT2D eigenvalue weighted by molar-refractivity contribution is 0.0526. The second-order valence-corrected chi connectivity index (χ2v) is 6.96. The van der Waals surface area contributed by atoms with E-state index in [0.717, 1.165) is 41.0 Å². The number of carbonyl (C=O) groups is 1. The van der Waals surface area contributed by atoms with E-state index in [0.29, 0.717) is 12.2 Å². The third-order valence-electron chi connectivity index (χ3n) is 4.82. The third kappa shape index (κ3) is 5.71. The average molecular weight is 389 g/mol. The highest BCUT2D eigenvalue weighted by molar-refractivity contribution is 5.90. The molecule has 3 aromatic carbocycles. The molecule has 3 nitrogen and oxygen atoms in total. The van der Waals surface area contributed by atoms with Gasteiger partial charge >= 0.3 is 5.97 Å². The zero-order chi connectivity index (χ0) is 20.5. The number of unbranched alkanes of at least 4 members (excludes halogenated alkanes) is 2. The van der Waals surface area contributed by atoms with E-state index in [-0.39, 0.29) is 5.97 Å². The quantitative estimate of drug-likeness (QED) is 0.300. The predicted octanol–water partition coefficient (Wildman–Crippen LogP) is 6.77. The van der Waals surface area contributed by atoms with Crippen LogP contribution in [0.25, 0.3) is 22.3 Å². The van der Waals surface area contributed by atoms with E-state index in [1.54, 1.807) is 12.1 Å². The fraction of sp³-hybridized carbons (Fsp3) is 0.269. The molecule has 0 saturated heterocycles. The molecule has 3 aromatic rings. The molecule has 0 aromatic heterocycles. The summed E-state index contributed by atoms with van der Waals surface area (Å²) in [5, 5.41) is 0. The summed E-state index contributed by atoms with van der Waals surface area (Å²) in [5.41, 5.74) is 5.08. The smallest absolute Gasteiger partial charge is 0.338 e. The molecular formula is C26H28O3. The van der Waals surface area contributed by atoms with Crippen molar-refractivity contribution < 1.29 is 14.3 Å². The maximum Gasteiger partial charge on any atom is 0.338 e. The summed E-state index contributed by atoms with van der Waals surface area (Å²) in [6.45, 7) is 5.16. The molecular weight excluding hydrogens is 360 g/mol. The lowest BCUT2D eigenvalue weighted by Crippen LogP contribution is -2.03. The van der Waals surface area contributed by atoms with Crippen molar-refractivity contribution in [2.75, 3.05) is 13.2 Å². The Morgan fingerprint density at radius 3 is 1.66 bits per heavy atom. The van der Waals surface area contributed by atoms with Crippen molar-refractivity contribution in [1.29, 1.82) is 0 Å². The molecule has 0 unspecified atom stereocenters. The topological polar surface area (TPSA) is 35.5 Å². The zero-order valence-corrected chi connectivity index (χ0v) is 17.2. The molecule has 0 fully saturated rings. The van der Waals surface area contributed by atoms with Gasteiger partial charge in [0.15, 0.2) is 0 Å². The van der Waals surface area contributed by atoms with Crippen molar-refractivity contribution in [3.8, 4) is 28.0 Å². The molecule has 3 heteroatoms. The summed E-state index contributed by atoms with van der Waals surface area (Å²) in [4.78, 5) is 11.8. The van der Waals surface area contributed by atoms with Crippen LogP contribution in [0.4, 0.5) is 0 Å². The summed E-state index contributed by atoms with van der Waals surface area (Å²) in [6, 6.07) is 24.2. The van der Waals surface area contributed by atoms with Gasteiger partial charge in [-0.3, -0.25) is 0 Å². The van der Waals surface area contributed by atoms with Crippen molar-refractivity contribution >= 4 is 5.97 Å². The third-order valence-corrected chi connectivity index (χ3v) is 4.82. The highest BCUT2D eigenvalue weighted by Gasteiger charge is 2.07. The summed E-state index contributed by atoms with van der Waals surface area (Å²) >= 11 is 0. The minimum atomic E-state index is -0.285. The molecule has 0 N–H and O–H groups in total. The fourth-order valence-corrected chi connectivity index (χ4v) is 3.15. The second-order valence-electron chi connectivity index (χ2n) is 6.96. The van der Waals surface area contributed by atoms with Crippen LogP contribution in [0.1, 0.15) is 43.5 Å². The lowest BCUT2D eigenvalue weighted by atomic mass is 9.99. The van der Waals surface area contributed by atoms with Gasteiger partial charge in [0.05, 0.1) is 18.8 Å². The van der Waals surface area contributed by atoms with Gasteiger partial charge in [-0.05, 0) is 59.9 Å². The summed E-state index contributed by atoms with van der Waals surface area (Å²) in [6.07, 6.45) is 3.50. The minimum Gasteiger partial charge on any atom is -0.494 e. The van der Waals surface area contributed by atoms with E-state index in [1.165, 1.54) is 12.8 Å². The van der Waals surface area contributed by atoms with Gasteiger partial charge in [-0.2, -0.15) is 0 Å². The van der Waals surface area contributed by atoms with Crippen molar-refractivity contribution in [1.82, 2.24) is 0 Å². The van der Waals surface area contributed by atoms with Crippen molar-refractivity contribution in [2.45, 2.75) is 33.1 Å². The molecule has 0 aliphatic carbocycles. The first-order valence-electron chi connectivity index (χ1n) is 10.3. The van der Waals surface area contributed by atoms with E-state index in [1.807, 2.05) is 31.2 Å². The SMILES string of the molecule is CCCCCOc1ccc(-c2ccc(-c3ccc(C(=O)OCC)cc3)cc2)cc1. The molecule has 3 rings (SSSR count). The van der Waals surface area contributed by atoms with E-state index < -0.39 is 0 Å². The van der Waals surface area contributed by atoms with Gasteiger partial charge in [0.1, 0.15) is 5.75 Å². The maximum atomic E-state index is 11.8. The molecule has 0 bridgehead atoms. The minimum absolute atomic E-state index is 0.285. The van der Waals surface area contributed by atoms with E-state index in [4.69, 9.17) is 9.47 Å². The second kappa shape index (κ2) is 10.5. The van der Waals surface area contributed by atoms with Gasteiger partial charge in [-0.1, -0.05) is 68.3 Å². The van der Waals surface area contributed by atoms with Gasteiger partial charge in [0.2, 0.25) is 0 Å². The van der Waals surface area contributed by atoms with Crippen LogP contribution in [0.5, 0.6) is 5.75 Å². The number of esters is 1. The Morgan fingerprint density at radius 2 is 1.17 bits per heavy atom. The van der Waals surface area contributed by atoms with Crippen molar-refractivity contribution in [2.24, 2.45) is 0 Å². The Kier molecular flexibility index (Phi) is 7.46. The van der Waals surface area contributed by atoms with E-state index in [9.17, 15) is 4.79 Å². The van der Waals surface area contributed by atoms with Crippen LogP contribution in [0.2, 0.25) is 0 Å². The Labute approximate surface area is 173 Å². The Bertz CT molecular complexity index is 894. The number of hydrogen-bond acceptors (Lipinski definition) is 3. The predicted molar refractivity (Wildman–Crippen MR) is 118 cm³/mol. The first kappa shape index (κ1) is 20.7. The molecule has 0 heterocycles. The van der Waals surface area contributed by atoms with Gasteiger partial charge in [-0.25, -0.2) is 4.79 Å². The van der Waals surface area contributed by atoms with Crippen LogP contribution >= 0.6 is 0 Å². The average Bonchev–Trinajstić information content (AvgIpc) is 2.78. The Balaban J connectivity index is 1.64. The van der Waals surface area contributed by atoms with Crippen molar-refractivity contribution in [3.05, 3.63) is 78.4 Å². The molecule has 0 spiro atoms. The molecule has 0 saturated carbocycles. The molecule has 0 atom stereocenters. The standard InChI is InChI=1S/C26H28O3/c1-3-5-6-19-29-25-17-15-23(16-18-25)21-9-7-20(8-10-21)22-11-13-24(14-12-22)26(27)28-4-2/h7-18H,3-6,19H2,1-2H3. The number of carbonyl (C=O) groups excluding carboxylic acids is 1. The number of rotatable bonds is 9. The summed E-state index contributed by atoms with van der Waals surface area (Å²) in [5.74, 6) is 0.635. The van der Waals surface area contributed by atoms with Gasteiger partial charge < -0.3 is 9.47 Å². The van der Waals surface area contributed by atoms with E-state index in [2.05, 4.69) is 43.3 Å². The first-order valence-corrected chi connectivity index (χ1v) is 10.3. The van der Waals surface area contributed by atoms with Gasteiger partial charge in [0.25, 0.3) is 0 Å². The Morgan fingerprint density at radius 1 is 0.690 bits per heavy atom. The van der Waals surface area contributed by atoms with Crippen LogP contribution in [-0.2, 0) is 4.74 Å². The first-order chi connectivity index (χ1) is 14.2. The normalized spacial score (nSPS) is 10.6. The number of ether oxygens (including phenoxy) is 2. The summed E-state index contributed by atoms with van der Waals surface area (Å²) < 4.78 is 10.8. The van der Waals surface area contributed by atoms with Crippen molar-refractivity contribution in [3.63, 3.8) is 0 Å². The van der Waals surface area contributed by atoms with Gasteiger partial charge in [0, 0.05) is 0 Å². The largest absolute Gasteiger partial charge is 0.494 e. The molecule has 150 valence electrons. The molecule has 0 aliphatic heterocycles. The highest BCUT2D eigenvalue weighted by Crippen LogP contribution is 2.26. The van der Waals surface area contributed by atoms with Crippen LogP contribution in [0, 0.1) is 0 Å². The van der Waals surface area contributed by atoms with Crippen LogP contribution in [0.15, 0.2) is 72.8 Å². The van der Waals surface area contributed by atoms with Crippen LogP contribution < -0.4 is 4.74 Å². The monoisotopic (exact) mass is 388 g/mol. The van der Waals surface area contributed by atoms with Crippen LogP contribution in [0.3, 0.4) is 0 Å². The van der Waals surface area contributed by atoms with Crippen LogP contribution in [-0.4, -0.2) is 19.2 Å². The number of benzene rings is 3. The van der Waals surface area contributed by atoms with Gasteiger partial charge in [-0.15, -0.1) is 0 Å². The lowest BCUT2D eigenvalue weighted by Gasteiger charge is -2.08. The molecule has 0 amide bonds. The fourth-order valence-electron chi connectivity index (χ4n) is 3.15. The Hall–Kier alpha value is -3.07. The zero-order valence-electron chi connectivity index (χ0n) is 17.2.